The number of aromatic nitrogens is 2. The molecule has 0 bridgehead atoms. The minimum Gasteiger partial charge on any atom is -0.497 e. The predicted molar refractivity (Wildman–Crippen MR) is 124 cm³/mol. The van der Waals surface area contributed by atoms with E-state index in [0.717, 1.165) is 33.9 Å². The summed E-state index contributed by atoms with van der Waals surface area (Å²) in [6, 6.07) is 23.8. The van der Waals surface area contributed by atoms with E-state index in [-0.39, 0.29) is 6.61 Å². The number of hydrogen-bond donors (Lipinski definition) is 1. The number of methoxy groups -OCH3 is 2. The maximum Gasteiger partial charge on any atom is 0.124 e. The van der Waals surface area contributed by atoms with E-state index < -0.39 is 6.10 Å². The molecule has 0 amide bonds. The van der Waals surface area contributed by atoms with E-state index in [4.69, 9.17) is 19.2 Å². The van der Waals surface area contributed by atoms with Crippen molar-refractivity contribution in [3.63, 3.8) is 0 Å². The summed E-state index contributed by atoms with van der Waals surface area (Å²) in [6.07, 6.45) is 0.0168. The van der Waals surface area contributed by atoms with Crippen molar-refractivity contribution in [2.75, 3.05) is 20.8 Å². The predicted octanol–water partition coefficient (Wildman–Crippen LogP) is 4.22. The Morgan fingerprint density at radius 1 is 0.938 bits per heavy atom. The first-order valence-corrected chi connectivity index (χ1v) is 10.6. The van der Waals surface area contributed by atoms with E-state index in [1.807, 2.05) is 60.7 Å². The molecule has 166 valence electrons. The summed E-state index contributed by atoms with van der Waals surface area (Å²) in [5.74, 6) is 2.39. The maximum absolute atomic E-state index is 10.7. The van der Waals surface area contributed by atoms with Gasteiger partial charge in [-0.15, -0.1) is 0 Å². The van der Waals surface area contributed by atoms with Crippen LogP contribution >= 0.6 is 0 Å². The molecule has 0 fully saturated rings. The van der Waals surface area contributed by atoms with Crippen molar-refractivity contribution >= 4 is 11.0 Å². The van der Waals surface area contributed by atoms with Gasteiger partial charge in [0.25, 0.3) is 0 Å². The number of fused-ring (bicyclic) bond motifs is 1. The molecule has 1 N–H and O–H groups in total. The Hall–Kier alpha value is -3.35. The summed E-state index contributed by atoms with van der Waals surface area (Å²) in [4.78, 5) is 4.81. The van der Waals surface area contributed by atoms with Gasteiger partial charge in [-0.3, -0.25) is 0 Å². The van der Waals surface area contributed by atoms with Crippen LogP contribution < -0.4 is 9.47 Å². The van der Waals surface area contributed by atoms with Crippen molar-refractivity contribution in [3.8, 4) is 11.5 Å². The van der Waals surface area contributed by atoms with Crippen molar-refractivity contribution in [3.05, 3.63) is 89.7 Å². The molecule has 1 heterocycles. The summed E-state index contributed by atoms with van der Waals surface area (Å²) >= 11 is 0. The molecule has 0 aliphatic rings. The molecule has 1 atom stereocenters. The zero-order chi connectivity index (χ0) is 22.3. The van der Waals surface area contributed by atoms with E-state index >= 15 is 0 Å². The Morgan fingerprint density at radius 3 is 2.50 bits per heavy atom. The topological polar surface area (TPSA) is 65.7 Å². The van der Waals surface area contributed by atoms with E-state index in [1.165, 1.54) is 5.56 Å². The summed E-state index contributed by atoms with van der Waals surface area (Å²) in [5.41, 5.74) is 3.98. The number of aliphatic hydroxyl groups is 1. The van der Waals surface area contributed by atoms with Crippen molar-refractivity contribution in [2.24, 2.45) is 0 Å². The Labute approximate surface area is 188 Å². The molecular formula is C26H28N2O4. The van der Waals surface area contributed by atoms with Gasteiger partial charge in [0.05, 0.1) is 51.1 Å². The van der Waals surface area contributed by atoms with Gasteiger partial charge >= 0.3 is 0 Å². The second-order valence-corrected chi connectivity index (χ2v) is 7.64. The zero-order valence-electron chi connectivity index (χ0n) is 18.4. The third-order valence-corrected chi connectivity index (χ3v) is 5.39. The van der Waals surface area contributed by atoms with Crippen molar-refractivity contribution in [2.45, 2.75) is 25.7 Å². The van der Waals surface area contributed by atoms with Gasteiger partial charge in [-0.05, 0) is 35.9 Å². The molecule has 0 saturated carbocycles. The minimum atomic E-state index is -0.682. The van der Waals surface area contributed by atoms with Crippen LogP contribution in [0.25, 0.3) is 11.0 Å². The van der Waals surface area contributed by atoms with Crippen molar-refractivity contribution in [1.29, 1.82) is 0 Å². The monoisotopic (exact) mass is 432 g/mol. The first-order valence-electron chi connectivity index (χ1n) is 10.6. The zero-order valence-corrected chi connectivity index (χ0v) is 18.4. The smallest absolute Gasteiger partial charge is 0.124 e. The van der Waals surface area contributed by atoms with Crippen LogP contribution in [0.2, 0.25) is 0 Å². The molecule has 6 nitrogen and oxygen atoms in total. The van der Waals surface area contributed by atoms with Crippen LogP contribution in [-0.4, -0.2) is 41.6 Å². The fourth-order valence-corrected chi connectivity index (χ4v) is 3.81. The van der Waals surface area contributed by atoms with Crippen LogP contribution in [0.1, 0.15) is 17.0 Å². The fourth-order valence-electron chi connectivity index (χ4n) is 3.81. The first kappa shape index (κ1) is 21.9. The highest BCUT2D eigenvalue weighted by Gasteiger charge is 2.15. The van der Waals surface area contributed by atoms with Crippen LogP contribution in [0.4, 0.5) is 0 Å². The molecule has 3 aromatic carbocycles. The number of hydrogen-bond acceptors (Lipinski definition) is 5. The second-order valence-electron chi connectivity index (χ2n) is 7.64. The number of imidazole rings is 1. The van der Waals surface area contributed by atoms with Gasteiger partial charge in [-0.25, -0.2) is 4.98 Å². The maximum atomic E-state index is 10.7. The molecule has 0 aliphatic carbocycles. The van der Waals surface area contributed by atoms with Crippen LogP contribution in [0.3, 0.4) is 0 Å². The van der Waals surface area contributed by atoms with Crippen molar-refractivity contribution in [1.82, 2.24) is 9.55 Å². The van der Waals surface area contributed by atoms with Crippen LogP contribution in [0.5, 0.6) is 11.5 Å². The highest BCUT2D eigenvalue weighted by atomic mass is 16.5. The Balaban J connectivity index is 1.45. The average Bonchev–Trinajstić information content (AvgIpc) is 3.16. The highest BCUT2D eigenvalue weighted by molar-refractivity contribution is 5.76. The van der Waals surface area contributed by atoms with Gasteiger partial charge in [0.1, 0.15) is 17.3 Å². The lowest BCUT2D eigenvalue weighted by molar-refractivity contribution is 0.0199. The summed E-state index contributed by atoms with van der Waals surface area (Å²) in [6.45, 7) is 0.911. The van der Waals surface area contributed by atoms with Crippen LogP contribution in [0.15, 0.2) is 72.8 Å². The lowest BCUT2D eigenvalue weighted by atomic mass is 10.1. The molecule has 0 radical (unpaired) electrons. The number of ether oxygens (including phenoxy) is 3. The van der Waals surface area contributed by atoms with Gasteiger partial charge < -0.3 is 23.9 Å². The molecule has 4 rings (SSSR count). The molecule has 6 heteroatoms. The third-order valence-electron chi connectivity index (χ3n) is 5.39. The normalized spacial score (nSPS) is 12.1. The van der Waals surface area contributed by atoms with Crippen LogP contribution in [-0.2, 0) is 24.3 Å². The van der Waals surface area contributed by atoms with E-state index in [1.54, 1.807) is 14.2 Å². The Morgan fingerprint density at radius 2 is 1.72 bits per heavy atom. The molecule has 0 aliphatic heterocycles. The van der Waals surface area contributed by atoms with Gasteiger partial charge in [0.15, 0.2) is 0 Å². The summed E-state index contributed by atoms with van der Waals surface area (Å²) in [5, 5.41) is 10.7. The average molecular weight is 433 g/mol. The van der Waals surface area contributed by atoms with E-state index in [9.17, 15) is 5.11 Å². The SMILES string of the molecule is COc1ccc(OC)c(COCC(O)Cn2c(Cc3ccccc3)nc3ccccc32)c1. The third kappa shape index (κ3) is 5.10. The van der Waals surface area contributed by atoms with E-state index in [2.05, 4.69) is 16.7 Å². The first-order chi connectivity index (χ1) is 15.7. The molecule has 32 heavy (non-hydrogen) atoms. The number of para-hydroxylation sites is 2. The standard InChI is InChI=1S/C26H28N2O4/c1-30-22-12-13-25(31-2)20(15-22)17-32-18-21(29)16-28-24-11-7-6-10-23(24)27-26(28)14-19-8-4-3-5-9-19/h3-13,15,21,29H,14,16-18H2,1-2H3. The summed E-state index contributed by atoms with van der Waals surface area (Å²) < 4.78 is 18.6. The number of aliphatic hydroxyl groups excluding tert-OH is 1. The number of benzene rings is 3. The minimum absolute atomic E-state index is 0.192. The largest absolute Gasteiger partial charge is 0.497 e. The number of nitrogens with zero attached hydrogens (tertiary/aromatic N) is 2. The summed E-state index contributed by atoms with van der Waals surface area (Å²) in [7, 11) is 3.25. The molecule has 1 aromatic heterocycles. The second kappa shape index (κ2) is 10.3. The fraction of sp³-hybridized carbons (Fsp3) is 0.269. The molecule has 0 saturated heterocycles. The van der Waals surface area contributed by atoms with Crippen LogP contribution in [0, 0.1) is 0 Å². The molecule has 0 spiro atoms. The highest BCUT2D eigenvalue weighted by Crippen LogP contribution is 2.25. The molecular weight excluding hydrogens is 404 g/mol. The molecule has 4 aromatic rings. The van der Waals surface area contributed by atoms with Gasteiger partial charge in [-0.1, -0.05) is 42.5 Å². The van der Waals surface area contributed by atoms with Crippen molar-refractivity contribution < 1.29 is 19.3 Å². The quantitative estimate of drug-likeness (QED) is 0.406. The van der Waals surface area contributed by atoms with Gasteiger partial charge in [-0.2, -0.15) is 0 Å². The number of rotatable bonds is 10. The van der Waals surface area contributed by atoms with Gasteiger partial charge in [0.2, 0.25) is 0 Å². The Bertz CT molecular complexity index is 1160. The Kier molecular flexibility index (Phi) is 7.04. The van der Waals surface area contributed by atoms with Gasteiger partial charge in [0, 0.05) is 12.0 Å². The van der Waals surface area contributed by atoms with E-state index in [0.29, 0.717) is 19.6 Å². The lowest BCUT2D eigenvalue weighted by Gasteiger charge is -2.16. The lowest BCUT2D eigenvalue weighted by Crippen LogP contribution is -2.23. The molecule has 1 unspecified atom stereocenters.